The molecule has 1 heterocycles. The molecule has 20 heavy (non-hydrogen) atoms. The number of nitrogen functional groups attached to an aromatic ring is 1. The van der Waals surface area contributed by atoms with Crippen LogP contribution in [0.1, 0.15) is 5.56 Å². The largest absolute Gasteiger partial charge is 0.399 e. The molecule has 0 bridgehead atoms. The van der Waals surface area contributed by atoms with E-state index in [1.165, 1.54) is 0 Å². The SMILES string of the molecule is Nc1ccc(CO[C@@H]2O[C@H](CO)[C@@H](O)[C@H](O)[C@H]2O)cc1. The van der Waals surface area contributed by atoms with E-state index in [9.17, 15) is 15.3 Å². The van der Waals surface area contributed by atoms with Gasteiger partial charge in [-0.05, 0) is 17.7 Å². The van der Waals surface area contributed by atoms with E-state index in [-0.39, 0.29) is 6.61 Å². The number of aliphatic hydroxyl groups is 4. The van der Waals surface area contributed by atoms with Crippen molar-refractivity contribution in [2.75, 3.05) is 12.3 Å². The summed E-state index contributed by atoms with van der Waals surface area (Å²) in [6.45, 7) is -0.338. The minimum absolute atomic E-state index is 0.142. The van der Waals surface area contributed by atoms with Gasteiger partial charge in [-0.25, -0.2) is 0 Å². The lowest BCUT2D eigenvalue weighted by molar-refractivity contribution is -0.304. The minimum atomic E-state index is -1.43. The number of nitrogens with two attached hydrogens (primary N) is 1. The lowest BCUT2D eigenvalue weighted by Crippen LogP contribution is -2.59. The van der Waals surface area contributed by atoms with Crippen molar-refractivity contribution in [3.05, 3.63) is 29.8 Å². The molecule has 1 saturated heterocycles. The fraction of sp³-hybridized carbons (Fsp3) is 0.538. The summed E-state index contributed by atoms with van der Waals surface area (Å²) in [6.07, 6.45) is -6.29. The van der Waals surface area contributed by atoms with Crippen LogP contribution in [0.3, 0.4) is 0 Å². The highest BCUT2D eigenvalue weighted by Crippen LogP contribution is 2.22. The molecule has 0 radical (unpaired) electrons. The highest BCUT2D eigenvalue weighted by atomic mass is 16.7. The molecule has 7 nitrogen and oxygen atoms in total. The van der Waals surface area contributed by atoms with Gasteiger partial charge in [0.25, 0.3) is 0 Å². The molecule has 1 fully saturated rings. The van der Waals surface area contributed by atoms with Crippen LogP contribution in [0.25, 0.3) is 0 Å². The molecular weight excluding hydrogens is 266 g/mol. The Morgan fingerprint density at radius 3 is 2.30 bits per heavy atom. The highest BCUT2D eigenvalue weighted by Gasteiger charge is 2.43. The maximum absolute atomic E-state index is 9.78. The van der Waals surface area contributed by atoms with Gasteiger partial charge in [-0.3, -0.25) is 0 Å². The Labute approximate surface area is 116 Å². The number of anilines is 1. The molecule has 0 aliphatic carbocycles. The third kappa shape index (κ3) is 3.26. The first kappa shape index (κ1) is 15.2. The molecule has 7 heteroatoms. The number of rotatable bonds is 4. The molecule has 1 aromatic rings. The number of hydrogen-bond acceptors (Lipinski definition) is 7. The predicted molar refractivity (Wildman–Crippen MR) is 69.4 cm³/mol. The molecule has 2 rings (SSSR count). The fourth-order valence-corrected chi connectivity index (χ4v) is 2.00. The topological polar surface area (TPSA) is 125 Å². The summed E-state index contributed by atoms with van der Waals surface area (Å²) in [5, 5.41) is 38.1. The first-order valence-corrected chi connectivity index (χ1v) is 6.29. The molecular formula is C13H19NO6. The van der Waals surface area contributed by atoms with E-state index in [1.807, 2.05) is 0 Å². The number of hydrogen-bond donors (Lipinski definition) is 5. The van der Waals surface area contributed by atoms with Crippen LogP contribution in [0, 0.1) is 0 Å². The third-order valence-electron chi connectivity index (χ3n) is 3.24. The smallest absolute Gasteiger partial charge is 0.187 e. The van der Waals surface area contributed by atoms with Crippen molar-refractivity contribution in [3.8, 4) is 0 Å². The fourth-order valence-electron chi connectivity index (χ4n) is 2.00. The van der Waals surface area contributed by atoms with Crippen molar-refractivity contribution in [1.29, 1.82) is 0 Å². The summed E-state index contributed by atoms with van der Waals surface area (Å²) in [7, 11) is 0. The van der Waals surface area contributed by atoms with E-state index in [0.717, 1.165) is 5.56 Å². The predicted octanol–water partition coefficient (Wildman–Crippen LogP) is -1.41. The van der Waals surface area contributed by atoms with Crippen LogP contribution < -0.4 is 5.73 Å². The van der Waals surface area contributed by atoms with Gasteiger partial charge in [0.05, 0.1) is 13.2 Å². The molecule has 112 valence electrons. The van der Waals surface area contributed by atoms with Crippen LogP contribution in [-0.4, -0.2) is 57.7 Å². The quantitative estimate of drug-likeness (QED) is 0.430. The molecule has 6 N–H and O–H groups in total. The Morgan fingerprint density at radius 1 is 1.05 bits per heavy atom. The van der Waals surface area contributed by atoms with Crippen molar-refractivity contribution in [1.82, 2.24) is 0 Å². The first-order valence-electron chi connectivity index (χ1n) is 6.29. The molecule has 0 spiro atoms. The third-order valence-corrected chi connectivity index (χ3v) is 3.24. The van der Waals surface area contributed by atoms with E-state index >= 15 is 0 Å². The van der Waals surface area contributed by atoms with Gasteiger partial charge in [0.1, 0.15) is 24.4 Å². The van der Waals surface area contributed by atoms with Crippen LogP contribution in [0.5, 0.6) is 0 Å². The standard InChI is InChI=1S/C13H19NO6/c14-8-3-1-7(2-4-8)6-19-13-12(18)11(17)10(16)9(5-15)20-13/h1-4,9-13,15-18H,5-6,14H2/t9-,10-,11+,12-,13-/m1/s1. The van der Waals surface area contributed by atoms with Gasteiger partial charge in [-0.2, -0.15) is 0 Å². The van der Waals surface area contributed by atoms with Crippen molar-refractivity contribution in [2.45, 2.75) is 37.3 Å². The van der Waals surface area contributed by atoms with Gasteiger partial charge in [0.15, 0.2) is 6.29 Å². The van der Waals surface area contributed by atoms with Crippen LogP contribution in [-0.2, 0) is 16.1 Å². The molecule has 1 aliphatic heterocycles. The second kappa shape index (κ2) is 6.49. The zero-order valence-electron chi connectivity index (χ0n) is 10.8. The maximum atomic E-state index is 9.78. The van der Waals surface area contributed by atoms with Crippen LogP contribution in [0.4, 0.5) is 5.69 Å². The Balaban J connectivity index is 1.95. The molecule has 1 aliphatic rings. The van der Waals surface area contributed by atoms with Crippen LogP contribution >= 0.6 is 0 Å². The maximum Gasteiger partial charge on any atom is 0.187 e. The van der Waals surface area contributed by atoms with E-state index in [0.29, 0.717) is 5.69 Å². The van der Waals surface area contributed by atoms with Crippen LogP contribution in [0.15, 0.2) is 24.3 Å². The number of ether oxygens (including phenoxy) is 2. The second-order valence-corrected chi connectivity index (χ2v) is 4.75. The van der Waals surface area contributed by atoms with Crippen molar-refractivity contribution < 1.29 is 29.9 Å². The van der Waals surface area contributed by atoms with Gasteiger partial charge >= 0.3 is 0 Å². The molecule has 0 amide bonds. The Bertz CT molecular complexity index is 423. The lowest BCUT2D eigenvalue weighted by Gasteiger charge is -2.39. The average Bonchev–Trinajstić information content (AvgIpc) is 2.46. The van der Waals surface area contributed by atoms with Gasteiger partial charge in [-0.15, -0.1) is 0 Å². The first-order chi connectivity index (χ1) is 9.52. The minimum Gasteiger partial charge on any atom is -0.399 e. The number of benzene rings is 1. The van der Waals surface area contributed by atoms with Gasteiger partial charge in [0.2, 0.25) is 0 Å². The van der Waals surface area contributed by atoms with Gasteiger partial charge in [-0.1, -0.05) is 12.1 Å². The Hall–Kier alpha value is -1.22. The van der Waals surface area contributed by atoms with E-state index < -0.39 is 37.3 Å². The molecule has 0 saturated carbocycles. The van der Waals surface area contributed by atoms with Crippen LogP contribution in [0.2, 0.25) is 0 Å². The zero-order chi connectivity index (χ0) is 14.7. The average molecular weight is 285 g/mol. The Kier molecular flexibility index (Phi) is 4.92. The summed E-state index contributed by atoms with van der Waals surface area (Å²) < 4.78 is 10.6. The highest BCUT2D eigenvalue weighted by molar-refractivity contribution is 5.39. The van der Waals surface area contributed by atoms with Gasteiger partial charge < -0.3 is 35.6 Å². The summed E-state index contributed by atoms with van der Waals surface area (Å²) >= 11 is 0. The summed E-state index contributed by atoms with van der Waals surface area (Å²) in [5.41, 5.74) is 7.01. The molecule has 0 aromatic heterocycles. The monoisotopic (exact) mass is 285 g/mol. The van der Waals surface area contributed by atoms with Gasteiger partial charge in [0, 0.05) is 5.69 Å². The normalized spacial score (nSPS) is 34.1. The van der Waals surface area contributed by atoms with Crippen molar-refractivity contribution in [3.63, 3.8) is 0 Å². The van der Waals surface area contributed by atoms with E-state index in [1.54, 1.807) is 24.3 Å². The van der Waals surface area contributed by atoms with Crippen molar-refractivity contribution >= 4 is 5.69 Å². The molecule has 0 unspecified atom stereocenters. The molecule has 5 atom stereocenters. The van der Waals surface area contributed by atoms with E-state index in [4.69, 9.17) is 20.3 Å². The van der Waals surface area contributed by atoms with Crippen molar-refractivity contribution in [2.24, 2.45) is 0 Å². The summed E-state index contributed by atoms with van der Waals surface area (Å²) in [4.78, 5) is 0. The number of aliphatic hydroxyl groups excluding tert-OH is 4. The second-order valence-electron chi connectivity index (χ2n) is 4.75. The zero-order valence-corrected chi connectivity index (χ0v) is 10.8. The van der Waals surface area contributed by atoms with E-state index in [2.05, 4.69) is 0 Å². The Morgan fingerprint density at radius 2 is 1.70 bits per heavy atom. The lowest BCUT2D eigenvalue weighted by atomic mass is 9.99. The molecule has 1 aromatic carbocycles. The summed E-state index contributed by atoms with van der Waals surface area (Å²) in [5.74, 6) is 0. The summed E-state index contributed by atoms with van der Waals surface area (Å²) in [6, 6.07) is 6.96.